The molecule has 86 valence electrons. The molecule has 4 heteroatoms. The topological polar surface area (TPSA) is 61.4 Å². The lowest BCUT2D eigenvalue weighted by Gasteiger charge is -2.16. The van der Waals surface area contributed by atoms with Gasteiger partial charge in [-0.15, -0.1) is 6.58 Å². The number of benzene rings is 1. The third-order valence-corrected chi connectivity index (χ3v) is 2.10. The molecule has 1 atom stereocenters. The van der Waals surface area contributed by atoms with Crippen LogP contribution in [0.1, 0.15) is 11.6 Å². The first-order valence-corrected chi connectivity index (χ1v) is 5.09. The van der Waals surface area contributed by atoms with E-state index in [0.29, 0.717) is 6.54 Å². The molecule has 2 amide bonds. The molecule has 0 aliphatic carbocycles. The summed E-state index contributed by atoms with van der Waals surface area (Å²) in [6.07, 6.45) is 1.59. The lowest BCUT2D eigenvalue weighted by Crippen LogP contribution is -2.39. The molecule has 4 nitrogen and oxygen atoms in total. The number of hydrogen-bond donors (Lipinski definition) is 3. The molecule has 0 fully saturated rings. The second-order valence-electron chi connectivity index (χ2n) is 3.29. The molecule has 1 aromatic rings. The van der Waals surface area contributed by atoms with E-state index in [0.717, 1.165) is 5.56 Å². The second-order valence-corrected chi connectivity index (χ2v) is 3.29. The van der Waals surface area contributed by atoms with Crippen LogP contribution in [0, 0.1) is 0 Å². The molecular weight excluding hydrogens is 204 g/mol. The van der Waals surface area contributed by atoms with Crippen LogP contribution in [0.2, 0.25) is 0 Å². The molecule has 0 heterocycles. The Kier molecular flexibility index (Phi) is 5.08. The van der Waals surface area contributed by atoms with E-state index in [1.54, 1.807) is 6.08 Å². The van der Waals surface area contributed by atoms with Gasteiger partial charge in [-0.1, -0.05) is 36.4 Å². The van der Waals surface area contributed by atoms with Crippen molar-refractivity contribution >= 4 is 6.03 Å². The van der Waals surface area contributed by atoms with Crippen molar-refractivity contribution in [2.75, 3.05) is 13.2 Å². The van der Waals surface area contributed by atoms with Crippen molar-refractivity contribution in [2.24, 2.45) is 0 Å². The van der Waals surface area contributed by atoms with Gasteiger partial charge in [-0.05, 0) is 5.56 Å². The maximum atomic E-state index is 11.4. The van der Waals surface area contributed by atoms with Crippen LogP contribution in [0.5, 0.6) is 0 Å². The summed E-state index contributed by atoms with van der Waals surface area (Å²) in [6.45, 7) is 3.77. The van der Waals surface area contributed by atoms with Crippen LogP contribution in [0.25, 0.3) is 0 Å². The first kappa shape index (κ1) is 12.3. The van der Waals surface area contributed by atoms with E-state index < -0.39 is 0 Å². The van der Waals surface area contributed by atoms with Crippen molar-refractivity contribution in [2.45, 2.75) is 6.04 Å². The number of carbonyl (C=O) groups excluding carboxylic acids is 1. The molecule has 0 spiro atoms. The van der Waals surface area contributed by atoms with Gasteiger partial charge in [0.15, 0.2) is 0 Å². The number of aliphatic hydroxyl groups is 1. The fraction of sp³-hybridized carbons (Fsp3) is 0.250. The Morgan fingerprint density at radius 3 is 2.69 bits per heavy atom. The zero-order chi connectivity index (χ0) is 11.8. The summed E-state index contributed by atoms with van der Waals surface area (Å²) in [5.74, 6) is 0. The van der Waals surface area contributed by atoms with E-state index in [4.69, 9.17) is 0 Å². The largest absolute Gasteiger partial charge is 0.394 e. The molecule has 0 aliphatic rings. The van der Waals surface area contributed by atoms with E-state index in [2.05, 4.69) is 17.2 Å². The minimum absolute atomic E-state index is 0.133. The second kappa shape index (κ2) is 6.63. The highest BCUT2D eigenvalue weighted by Gasteiger charge is 2.11. The van der Waals surface area contributed by atoms with Crippen LogP contribution in [0.4, 0.5) is 4.79 Å². The van der Waals surface area contributed by atoms with E-state index in [1.807, 2.05) is 30.3 Å². The van der Waals surface area contributed by atoms with Gasteiger partial charge in [0.2, 0.25) is 0 Å². The molecule has 0 aromatic heterocycles. The van der Waals surface area contributed by atoms with Gasteiger partial charge >= 0.3 is 6.03 Å². The summed E-state index contributed by atoms with van der Waals surface area (Å²) in [6, 6.07) is 8.62. The Hall–Kier alpha value is -1.81. The van der Waals surface area contributed by atoms with Gasteiger partial charge in [0, 0.05) is 6.54 Å². The zero-order valence-corrected chi connectivity index (χ0v) is 9.02. The SMILES string of the molecule is C=CCNC(=O)NC(CO)c1ccccc1. The third kappa shape index (κ3) is 3.74. The molecule has 1 rings (SSSR count). The molecule has 0 saturated carbocycles. The first-order valence-electron chi connectivity index (χ1n) is 5.09. The molecule has 1 unspecified atom stereocenters. The number of carbonyl (C=O) groups is 1. The Bertz CT molecular complexity index is 338. The normalized spacial score (nSPS) is 11.6. The maximum absolute atomic E-state index is 11.4. The fourth-order valence-electron chi connectivity index (χ4n) is 1.29. The van der Waals surface area contributed by atoms with Crippen LogP contribution in [-0.4, -0.2) is 24.3 Å². The van der Waals surface area contributed by atoms with E-state index in [1.165, 1.54) is 0 Å². The Balaban J connectivity index is 2.55. The van der Waals surface area contributed by atoms with Crippen molar-refractivity contribution in [1.29, 1.82) is 0 Å². The minimum atomic E-state index is -0.383. The van der Waals surface area contributed by atoms with Crippen LogP contribution >= 0.6 is 0 Å². The average Bonchev–Trinajstić information content (AvgIpc) is 2.34. The molecule has 0 bridgehead atoms. The van der Waals surface area contributed by atoms with Gasteiger partial charge in [0.25, 0.3) is 0 Å². The van der Waals surface area contributed by atoms with E-state index in [9.17, 15) is 9.90 Å². The summed E-state index contributed by atoms with van der Waals surface area (Å²) >= 11 is 0. The summed E-state index contributed by atoms with van der Waals surface area (Å²) < 4.78 is 0. The van der Waals surface area contributed by atoms with Crippen molar-refractivity contribution in [3.8, 4) is 0 Å². The quantitative estimate of drug-likeness (QED) is 0.653. The number of amides is 2. The van der Waals surface area contributed by atoms with Crippen LogP contribution in [-0.2, 0) is 0 Å². The molecule has 0 radical (unpaired) electrons. The lowest BCUT2D eigenvalue weighted by molar-refractivity contribution is 0.217. The van der Waals surface area contributed by atoms with Gasteiger partial charge in [-0.2, -0.15) is 0 Å². The molecule has 16 heavy (non-hydrogen) atoms. The van der Waals surface area contributed by atoms with Crippen molar-refractivity contribution in [3.63, 3.8) is 0 Å². The Labute approximate surface area is 95.0 Å². The maximum Gasteiger partial charge on any atom is 0.315 e. The van der Waals surface area contributed by atoms with Crippen molar-refractivity contribution < 1.29 is 9.90 Å². The number of rotatable bonds is 5. The van der Waals surface area contributed by atoms with E-state index >= 15 is 0 Å². The summed E-state index contributed by atoms with van der Waals surface area (Å²) in [7, 11) is 0. The van der Waals surface area contributed by atoms with Crippen molar-refractivity contribution in [1.82, 2.24) is 10.6 Å². The minimum Gasteiger partial charge on any atom is -0.394 e. The van der Waals surface area contributed by atoms with Crippen molar-refractivity contribution in [3.05, 3.63) is 48.6 Å². The molecule has 0 aliphatic heterocycles. The third-order valence-electron chi connectivity index (χ3n) is 2.10. The lowest BCUT2D eigenvalue weighted by atomic mass is 10.1. The monoisotopic (exact) mass is 220 g/mol. The van der Waals surface area contributed by atoms with Crippen LogP contribution in [0.3, 0.4) is 0 Å². The van der Waals surface area contributed by atoms with Gasteiger partial charge in [0.05, 0.1) is 12.6 Å². The molecule has 3 N–H and O–H groups in total. The highest BCUT2D eigenvalue weighted by molar-refractivity contribution is 5.74. The summed E-state index contributed by atoms with van der Waals surface area (Å²) in [4.78, 5) is 11.4. The van der Waals surface area contributed by atoms with Crippen LogP contribution < -0.4 is 10.6 Å². The fourth-order valence-corrected chi connectivity index (χ4v) is 1.29. The average molecular weight is 220 g/mol. The molecule has 1 aromatic carbocycles. The first-order chi connectivity index (χ1) is 7.77. The van der Waals surface area contributed by atoms with Gasteiger partial charge in [-0.25, -0.2) is 4.79 Å². The molecular formula is C12H16N2O2. The standard InChI is InChI=1S/C12H16N2O2/c1-2-8-13-12(16)14-11(9-15)10-6-4-3-5-7-10/h2-7,11,15H,1,8-9H2,(H2,13,14,16). The highest BCUT2D eigenvalue weighted by atomic mass is 16.3. The van der Waals surface area contributed by atoms with E-state index in [-0.39, 0.29) is 18.7 Å². The van der Waals surface area contributed by atoms with Crippen LogP contribution in [0.15, 0.2) is 43.0 Å². The predicted octanol–water partition coefficient (Wildman–Crippen LogP) is 1.21. The Morgan fingerprint density at radius 2 is 2.12 bits per heavy atom. The van der Waals surface area contributed by atoms with Gasteiger partial charge < -0.3 is 15.7 Å². The number of urea groups is 1. The Morgan fingerprint density at radius 1 is 1.44 bits per heavy atom. The highest BCUT2D eigenvalue weighted by Crippen LogP contribution is 2.10. The smallest absolute Gasteiger partial charge is 0.315 e. The van der Waals surface area contributed by atoms with Gasteiger partial charge in [-0.3, -0.25) is 0 Å². The number of hydrogen-bond acceptors (Lipinski definition) is 2. The predicted molar refractivity (Wildman–Crippen MR) is 63.0 cm³/mol. The number of nitrogens with one attached hydrogen (secondary N) is 2. The van der Waals surface area contributed by atoms with Gasteiger partial charge in [0.1, 0.15) is 0 Å². The number of aliphatic hydroxyl groups excluding tert-OH is 1. The molecule has 0 saturated heterocycles. The zero-order valence-electron chi connectivity index (χ0n) is 9.02. The summed E-state index contributed by atoms with van der Waals surface area (Å²) in [5.41, 5.74) is 0.874. The summed E-state index contributed by atoms with van der Waals surface area (Å²) in [5, 5.41) is 14.4.